The Morgan fingerprint density at radius 2 is 1.96 bits per heavy atom. The van der Waals surface area contributed by atoms with Gasteiger partial charge in [0, 0.05) is 18.5 Å². The monoisotopic (exact) mass is 378 g/mol. The summed E-state index contributed by atoms with van der Waals surface area (Å²) < 4.78 is 5.22. The zero-order valence-electron chi connectivity index (χ0n) is 14.7. The summed E-state index contributed by atoms with van der Waals surface area (Å²) in [7, 11) is 1.64. The lowest BCUT2D eigenvalue weighted by atomic mass is 10.0. The number of thiazole rings is 1. The Labute approximate surface area is 160 Å². The first-order chi connectivity index (χ1) is 13.2. The van der Waals surface area contributed by atoms with Gasteiger partial charge in [0.1, 0.15) is 5.75 Å². The van der Waals surface area contributed by atoms with Gasteiger partial charge in [0.25, 0.3) is 5.91 Å². The normalized spacial score (nSPS) is 12.9. The largest absolute Gasteiger partial charge is 0.497 e. The van der Waals surface area contributed by atoms with Gasteiger partial charge in [0.05, 0.1) is 34.8 Å². The van der Waals surface area contributed by atoms with Gasteiger partial charge in [-0.05, 0) is 36.4 Å². The second kappa shape index (κ2) is 7.20. The first-order valence-corrected chi connectivity index (χ1v) is 9.32. The lowest BCUT2D eigenvalue weighted by Crippen LogP contribution is -2.13. The molecule has 0 saturated heterocycles. The number of methoxy groups -OCH3 is 1. The highest BCUT2D eigenvalue weighted by Crippen LogP contribution is 2.28. The van der Waals surface area contributed by atoms with Crippen LogP contribution < -0.4 is 15.8 Å². The van der Waals surface area contributed by atoms with E-state index in [9.17, 15) is 4.79 Å². The fourth-order valence-corrected chi connectivity index (χ4v) is 3.94. The standard InChI is InChI=1S/C20H18N4O2S/c1-26-13-8-6-12(7-9-13)17-18-16(10-11-22-17)24-20(27-18)19(25)23-15-5-3-2-4-14(15)21/h2-9H,10-11,21H2,1H3,(H,23,25). The zero-order valence-corrected chi connectivity index (χ0v) is 15.5. The lowest BCUT2D eigenvalue weighted by Gasteiger charge is -2.12. The van der Waals surface area contributed by atoms with E-state index in [0.717, 1.165) is 34.0 Å². The summed E-state index contributed by atoms with van der Waals surface area (Å²) in [5, 5.41) is 3.24. The number of benzene rings is 2. The first-order valence-electron chi connectivity index (χ1n) is 8.50. The maximum Gasteiger partial charge on any atom is 0.284 e. The van der Waals surface area contributed by atoms with Gasteiger partial charge in [-0.25, -0.2) is 4.98 Å². The molecule has 3 N–H and O–H groups in total. The highest BCUT2D eigenvalue weighted by atomic mass is 32.1. The molecule has 2 heterocycles. The molecular formula is C20H18N4O2S. The average Bonchev–Trinajstić information content (AvgIpc) is 3.14. The number of nitrogen functional groups attached to an aromatic ring is 1. The number of nitrogens with zero attached hydrogens (tertiary/aromatic N) is 2. The van der Waals surface area contributed by atoms with E-state index in [4.69, 9.17) is 10.5 Å². The molecule has 27 heavy (non-hydrogen) atoms. The maximum atomic E-state index is 12.6. The van der Waals surface area contributed by atoms with Crippen molar-refractivity contribution >= 4 is 34.3 Å². The van der Waals surface area contributed by atoms with Crippen LogP contribution in [0.15, 0.2) is 53.5 Å². The Kier molecular flexibility index (Phi) is 4.60. The topological polar surface area (TPSA) is 89.6 Å². The summed E-state index contributed by atoms with van der Waals surface area (Å²) in [6.07, 6.45) is 0.728. The van der Waals surface area contributed by atoms with Crippen molar-refractivity contribution in [2.24, 2.45) is 4.99 Å². The molecule has 4 rings (SSSR count). The molecule has 0 spiro atoms. The van der Waals surface area contributed by atoms with E-state index in [2.05, 4.69) is 15.3 Å². The van der Waals surface area contributed by atoms with Crippen molar-refractivity contribution < 1.29 is 9.53 Å². The van der Waals surface area contributed by atoms with Crippen LogP contribution in [0.25, 0.3) is 0 Å². The second-order valence-electron chi connectivity index (χ2n) is 6.05. The number of hydrogen-bond donors (Lipinski definition) is 2. The molecule has 1 aromatic heterocycles. The molecule has 7 heteroatoms. The highest BCUT2D eigenvalue weighted by Gasteiger charge is 2.24. The Balaban J connectivity index is 1.62. The van der Waals surface area contributed by atoms with Gasteiger partial charge in [-0.3, -0.25) is 9.79 Å². The molecule has 0 atom stereocenters. The molecule has 136 valence electrons. The number of hydrogen-bond acceptors (Lipinski definition) is 6. The fourth-order valence-electron chi connectivity index (χ4n) is 2.91. The van der Waals surface area contributed by atoms with E-state index in [1.807, 2.05) is 36.4 Å². The Morgan fingerprint density at radius 3 is 2.70 bits per heavy atom. The van der Waals surface area contributed by atoms with Gasteiger partial charge in [-0.2, -0.15) is 0 Å². The molecule has 6 nitrogen and oxygen atoms in total. The van der Waals surface area contributed by atoms with Gasteiger partial charge >= 0.3 is 0 Å². The molecule has 1 amide bonds. The third-order valence-electron chi connectivity index (χ3n) is 4.30. The van der Waals surface area contributed by atoms with Crippen LogP contribution in [-0.2, 0) is 6.42 Å². The van der Waals surface area contributed by atoms with E-state index >= 15 is 0 Å². The minimum Gasteiger partial charge on any atom is -0.497 e. The van der Waals surface area contributed by atoms with Crippen LogP contribution in [0.2, 0.25) is 0 Å². The number of para-hydroxylation sites is 2. The average molecular weight is 378 g/mol. The predicted octanol–water partition coefficient (Wildman–Crippen LogP) is 3.38. The van der Waals surface area contributed by atoms with Crippen LogP contribution in [-0.4, -0.2) is 30.3 Å². The molecule has 1 aliphatic rings. The Hall–Kier alpha value is -3.19. The molecule has 0 unspecified atom stereocenters. The summed E-state index contributed by atoms with van der Waals surface area (Å²) in [5.74, 6) is 0.529. The van der Waals surface area contributed by atoms with Gasteiger partial charge in [0.2, 0.25) is 0 Å². The minimum absolute atomic E-state index is 0.263. The molecule has 0 aliphatic carbocycles. The summed E-state index contributed by atoms with van der Waals surface area (Å²) in [6.45, 7) is 0.658. The van der Waals surface area contributed by atoms with E-state index < -0.39 is 0 Å². The number of nitrogens with two attached hydrogens (primary N) is 1. The number of rotatable bonds is 4. The smallest absolute Gasteiger partial charge is 0.284 e. The lowest BCUT2D eigenvalue weighted by molar-refractivity contribution is 0.102. The van der Waals surface area contributed by atoms with Gasteiger partial charge < -0.3 is 15.8 Å². The molecule has 1 aliphatic heterocycles. The molecule has 3 aromatic rings. The van der Waals surface area contributed by atoms with Gasteiger partial charge in [-0.15, -0.1) is 11.3 Å². The maximum absolute atomic E-state index is 12.6. The Morgan fingerprint density at radius 1 is 1.19 bits per heavy atom. The van der Waals surface area contributed by atoms with Crippen LogP contribution in [0.5, 0.6) is 5.75 Å². The molecule has 0 radical (unpaired) electrons. The van der Waals surface area contributed by atoms with E-state index in [1.165, 1.54) is 11.3 Å². The van der Waals surface area contributed by atoms with E-state index in [1.54, 1.807) is 19.2 Å². The molecular weight excluding hydrogens is 360 g/mol. The van der Waals surface area contributed by atoms with Crippen molar-refractivity contribution in [3.63, 3.8) is 0 Å². The third kappa shape index (κ3) is 3.41. The molecule has 0 bridgehead atoms. The molecule has 0 fully saturated rings. The Bertz CT molecular complexity index is 1020. The van der Waals surface area contributed by atoms with Crippen LogP contribution in [0.3, 0.4) is 0 Å². The zero-order chi connectivity index (χ0) is 18.8. The van der Waals surface area contributed by atoms with Gasteiger partial charge in [-0.1, -0.05) is 12.1 Å². The fraction of sp³-hybridized carbons (Fsp3) is 0.150. The van der Waals surface area contributed by atoms with Crippen LogP contribution in [0.1, 0.15) is 25.9 Å². The SMILES string of the molecule is COc1ccc(C2=NCCc3nc(C(=O)Nc4ccccc4N)sc32)cc1. The number of anilines is 2. The summed E-state index contributed by atoms with van der Waals surface area (Å²) in [4.78, 5) is 22.8. The van der Waals surface area contributed by atoms with Crippen molar-refractivity contribution in [1.29, 1.82) is 0 Å². The van der Waals surface area contributed by atoms with Crippen molar-refractivity contribution in [2.45, 2.75) is 6.42 Å². The quantitative estimate of drug-likeness (QED) is 0.681. The number of aliphatic imine (C=N–C) groups is 1. The minimum atomic E-state index is -0.263. The van der Waals surface area contributed by atoms with Crippen molar-refractivity contribution in [3.05, 3.63) is 69.7 Å². The number of carbonyl (C=O) groups is 1. The van der Waals surface area contributed by atoms with E-state index in [0.29, 0.717) is 22.9 Å². The predicted molar refractivity (Wildman–Crippen MR) is 108 cm³/mol. The van der Waals surface area contributed by atoms with Crippen molar-refractivity contribution in [3.8, 4) is 5.75 Å². The molecule has 0 saturated carbocycles. The van der Waals surface area contributed by atoms with Gasteiger partial charge in [0.15, 0.2) is 5.01 Å². The number of fused-ring (bicyclic) bond motifs is 1. The summed E-state index contributed by atoms with van der Waals surface area (Å²) in [6, 6.07) is 14.9. The summed E-state index contributed by atoms with van der Waals surface area (Å²) in [5.41, 5.74) is 9.77. The van der Waals surface area contributed by atoms with Crippen LogP contribution in [0.4, 0.5) is 11.4 Å². The molecule has 2 aromatic carbocycles. The second-order valence-corrected chi connectivity index (χ2v) is 7.04. The first kappa shape index (κ1) is 17.2. The van der Waals surface area contributed by atoms with Crippen molar-refractivity contribution in [1.82, 2.24) is 4.98 Å². The third-order valence-corrected chi connectivity index (χ3v) is 5.40. The number of nitrogens with one attached hydrogen (secondary N) is 1. The number of aromatic nitrogens is 1. The summed E-state index contributed by atoms with van der Waals surface area (Å²) >= 11 is 1.36. The number of amides is 1. The number of ether oxygens (including phenoxy) is 1. The van der Waals surface area contributed by atoms with E-state index in [-0.39, 0.29) is 5.91 Å². The highest BCUT2D eigenvalue weighted by molar-refractivity contribution is 7.16. The number of carbonyl (C=O) groups excluding carboxylic acids is 1. The van der Waals surface area contributed by atoms with Crippen LogP contribution >= 0.6 is 11.3 Å². The van der Waals surface area contributed by atoms with Crippen molar-refractivity contribution in [2.75, 3.05) is 24.7 Å². The van der Waals surface area contributed by atoms with Crippen LogP contribution in [0, 0.1) is 0 Å².